The molecule has 0 bridgehead atoms. The van der Waals surface area contributed by atoms with Gasteiger partial charge in [-0.25, -0.2) is 4.68 Å². The van der Waals surface area contributed by atoms with E-state index in [0.29, 0.717) is 11.7 Å². The maximum absolute atomic E-state index is 12.3. The number of rotatable bonds is 8. The third-order valence-electron chi connectivity index (χ3n) is 4.50. The van der Waals surface area contributed by atoms with Crippen LogP contribution in [-0.4, -0.2) is 44.6 Å². The number of hydrogen-bond acceptors (Lipinski definition) is 6. The van der Waals surface area contributed by atoms with Crippen LogP contribution in [0.2, 0.25) is 0 Å². The van der Waals surface area contributed by atoms with Crippen molar-refractivity contribution in [1.82, 2.24) is 25.5 Å². The number of carbonyl (C=O) groups is 1. The number of carbonyl (C=O) groups excluding carboxylic acids is 1. The molecule has 1 fully saturated rings. The van der Waals surface area contributed by atoms with Gasteiger partial charge in [-0.05, 0) is 47.7 Å². The number of aryl methyl sites for hydroxylation is 1. The first-order valence-corrected chi connectivity index (χ1v) is 10.0. The lowest BCUT2D eigenvalue weighted by molar-refractivity contribution is -0.119. The van der Waals surface area contributed by atoms with E-state index in [0.717, 1.165) is 31.4 Å². The number of thioether (sulfide) groups is 1. The van der Waals surface area contributed by atoms with Crippen LogP contribution in [0.5, 0.6) is 0 Å². The van der Waals surface area contributed by atoms with Gasteiger partial charge in [0, 0.05) is 6.61 Å². The first kappa shape index (κ1) is 18.8. The Morgan fingerprint density at radius 3 is 2.92 bits per heavy atom. The Morgan fingerprint density at radius 1 is 1.42 bits per heavy atom. The van der Waals surface area contributed by atoms with Crippen LogP contribution in [0, 0.1) is 0 Å². The molecule has 1 N–H and O–H groups in total. The maximum Gasteiger partial charge on any atom is 0.230 e. The molecule has 140 valence electrons. The number of nitrogens with zero attached hydrogens (tertiary/aromatic N) is 4. The van der Waals surface area contributed by atoms with Crippen LogP contribution in [0.25, 0.3) is 0 Å². The molecular formula is C18H25N5O2S. The zero-order valence-corrected chi connectivity index (χ0v) is 16.0. The number of tetrazole rings is 1. The molecule has 7 nitrogen and oxygen atoms in total. The standard InChI is InChI=1S/C18H25N5O2S/c1-3-14-6-8-15(9-7-14)13(2)19-17(24)12-26-18-20-21-22-23(18)11-16-5-4-10-25-16/h6-9,13,16H,3-5,10-12H2,1-2H3,(H,19,24). The predicted molar refractivity (Wildman–Crippen MR) is 99.9 cm³/mol. The predicted octanol–water partition coefficient (Wildman–Crippen LogP) is 2.38. The Labute approximate surface area is 157 Å². The van der Waals surface area contributed by atoms with E-state index in [-0.39, 0.29) is 23.8 Å². The SMILES string of the molecule is CCc1ccc(C(C)NC(=O)CSc2nnnn2CC2CCCO2)cc1. The maximum atomic E-state index is 12.3. The summed E-state index contributed by atoms with van der Waals surface area (Å²) in [4.78, 5) is 12.3. The van der Waals surface area contributed by atoms with Crippen molar-refractivity contribution in [1.29, 1.82) is 0 Å². The summed E-state index contributed by atoms with van der Waals surface area (Å²) in [5.74, 6) is 0.247. The molecule has 26 heavy (non-hydrogen) atoms. The number of ether oxygens (including phenoxy) is 1. The molecule has 3 rings (SSSR count). The van der Waals surface area contributed by atoms with Gasteiger partial charge in [0.15, 0.2) is 0 Å². The van der Waals surface area contributed by atoms with Crippen molar-refractivity contribution in [2.24, 2.45) is 0 Å². The zero-order chi connectivity index (χ0) is 18.4. The van der Waals surface area contributed by atoms with Gasteiger partial charge in [-0.3, -0.25) is 4.79 Å². The van der Waals surface area contributed by atoms with Gasteiger partial charge in [0.05, 0.1) is 24.4 Å². The third-order valence-corrected chi connectivity index (χ3v) is 5.45. The van der Waals surface area contributed by atoms with E-state index in [1.807, 2.05) is 6.92 Å². The molecule has 0 aliphatic carbocycles. The third kappa shape index (κ3) is 5.04. The van der Waals surface area contributed by atoms with Crippen LogP contribution in [0.4, 0.5) is 0 Å². The van der Waals surface area contributed by atoms with Crippen molar-refractivity contribution >= 4 is 17.7 Å². The molecule has 1 aliphatic heterocycles. The summed E-state index contributed by atoms with van der Waals surface area (Å²) < 4.78 is 7.34. The van der Waals surface area contributed by atoms with Gasteiger partial charge in [0.25, 0.3) is 0 Å². The Kier molecular flexibility index (Phi) is 6.62. The van der Waals surface area contributed by atoms with Gasteiger partial charge < -0.3 is 10.1 Å². The quantitative estimate of drug-likeness (QED) is 0.714. The summed E-state index contributed by atoms with van der Waals surface area (Å²) >= 11 is 1.35. The van der Waals surface area contributed by atoms with Crippen LogP contribution in [0.1, 0.15) is 43.9 Å². The highest BCUT2D eigenvalue weighted by molar-refractivity contribution is 7.99. The van der Waals surface area contributed by atoms with Gasteiger partial charge in [0.2, 0.25) is 11.1 Å². The van der Waals surface area contributed by atoms with Gasteiger partial charge in [-0.15, -0.1) is 5.10 Å². The van der Waals surface area contributed by atoms with Crippen LogP contribution >= 0.6 is 11.8 Å². The van der Waals surface area contributed by atoms with E-state index < -0.39 is 0 Å². The first-order chi connectivity index (χ1) is 12.7. The topological polar surface area (TPSA) is 81.9 Å². The zero-order valence-electron chi connectivity index (χ0n) is 15.2. The van der Waals surface area contributed by atoms with Gasteiger partial charge in [0.1, 0.15) is 0 Å². The van der Waals surface area contributed by atoms with E-state index in [1.54, 1.807) is 4.68 Å². The Bertz CT molecular complexity index is 713. The van der Waals surface area contributed by atoms with Gasteiger partial charge >= 0.3 is 0 Å². The number of hydrogen-bond donors (Lipinski definition) is 1. The molecule has 0 spiro atoms. The van der Waals surface area contributed by atoms with Gasteiger partial charge in [-0.1, -0.05) is 43.0 Å². The molecule has 2 unspecified atom stereocenters. The van der Waals surface area contributed by atoms with Crippen molar-refractivity contribution < 1.29 is 9.53 Å². The minimum atomic E-state index is -0.0336. The van der Waals surface area contributed by atoms with E-state index in [9.17, 15) is 4.79 Å². The van der Waals surface area contributed by atoms with Gasteiger partial charge in [-0.2, -0.15) is 0 Å². The van der Waals surface area contributed by atoms with Crippen molar-refractivity contribution in [3.8, 4) is 0 Å². The summed E-state index contributed by atoms with van der Waals surface area (Å²) in [6, 6.07) is 8.31. The summed E-state index contributed by atoms with van der Waals surface area (Å²) in [5, 5.41) is 15.4. The largest absolute Gasteiger partial charge is 0.376 e. The summed E-state index contributed by atoms with van der Waals surface area (Å²) in [5.41, 5.74) is 2.39. The summed E-state index contributed by atoms with van der Waals surface area (Å²) in [6.45, 7) is 5.56. The Morgan fingerprint density at radius 2 is 2.23 bits per heavy atom. The summed E-state index contributed by atoms with van der Waals surface area (Å²) in [7, 11) is 0. The fourth-order valence-electron chi connectivity index (χ4n) is 2.93. The second kappa shape index (κ2) is 9.14. The number of nitrogens with one attached hydrogen (secondary N) is 1. The highest BCUT2D eigenvalue weighted by Crippen LogP contribution is 2.19. The molecule has 0 radical (unpaired) electrons. The minimum absolute atomic E-state index is 0.0307. The Balaban J connectivity index is 1.48. The average Bonchev–Trinajstić information content (AvgIpc) is 3.32. The van der Waals surface area contributed by atoms with E-state index in [1.165, 1.54) is 17.3 Å². The van der Waals surface area contributed by atoms with E-state index in [4.69, 9.17) is 4.74 Å². The highest BCUT2D eigenvalue weighted by atomic mass is 32.2. The van der Waals surface area contributed by atoms with Crippen LogP contribution < -0.4 is 5.32 Å². The van der Waals surface area contributed by atoms with Crippen LogP contribution in [0.3, 0.4) is 0 Å². The normalized spacial score (nSPS) is 18.0. The van der Waals surface area contributed by atoms with Crippen LogP contribution in [0.15, 0.2) is 29.4 Å². The number of amides is 1. The van der Waals surface area contributed by atoms with Crippen molar-refractivity contribution in [3.63, 3.8) is 0 Å². The summed E-state index contributed by atoms with van der Waals surface area (Å²) in [6.07, 6.45) is 3.28. The molecule has 2 heterocycles. The average molecular weight is 375 g/mol. The lowest BCUT2D eigenvalue weighted by atomic mass is 10.1. The number of benzene rings is 1. The van der Waals surface area contributed by atoms with Crippen molar-refractivity contribution in [2.75, 3.05) is 12.4 Å². The van der Waals surface area contributed by atoms with E-state index >= 15 is 0 Å². The number of aromatic nitrogens is 4. The molecule has 0 saturated carbocycles. The highest BCUT2D eigenvalue weighted by Gasteiger charge is 2.19. The molecule has 2 aromatic rings. The van der Waals surface area contributed by atoms with Crippen molar-refractivity contribution in [3.05, 3.63) is 35.4 Å². The smallest absolute Gasteiger partial charge is 0.230 e. The molecule has 1 amide bonds. The minimum Gasteiger partial charge on any atom is -0.376 e. The van der Waals surface area contributed by atoms with Crippen LogP contribution in [-0.2, 0) is 22.5 Å². The second-order valence-electron chi connectivity index (χ2n) is 6.45. The fraction of sp³-hybridized carbons (Fsp3) is 0.556. The van der Waals surface area contributed by atoms with Crippen molar-refractivity contribution in [2.45, 2.75) is 57.0 Å². The van der Waals surface area contributed by atoms with E-state index in [2.05, 4.69) is 52.0 Å². The molecule has 8 heteroatoms. The Hall–Kier alpha value is -1.93. The molecule has 2 atom stereocenters. The molecular weight excluding hydrogens is 350 g/mol. The first-order valence-electron chi connectivity index (χ1n) is 9.04. The molecule has 1 aromatic heterocycles. The second-order valence-corrected chi connectivity index (χ2v) is 7.39. The molecule has 1 aromatic carbocycles. The molecule has 1 saturated heterocycles. The molecule has 1 aliphatic rings. The lowest BCUT2D eigenvalue weighted by Crippen LogP contribution is -2.28. The lowest BCUT2D eigenvalue weighted by Gasteiger charge is -2.15. The monoisotopic (exact) mass is 375 g/mol. The fourth-order valence-corrected chi connectivity index (χ4v) is 3.63.